The predicted octanol–water partition coefficient (Wildman–Crippen LogP) is 4.57. The summed E-state index contributed by atoms with van der Waals surface area (Å²) in [6, 6.07) is 1.56. The van der Waals surface area contributed by atoms with Crippen LogP contribution in [-0.2, 0) is 40.8 Å². The maximum absolute atomic E-state index is 10.2. The molecule has 4 bridgehead atoms. The molecule has 4 aliphatic rings. The molecule has 4 rings (SSSR count). The quantitative estimate of drug-likeness (QED) is 0.0778. The number of hydrogen-bond donors (Lipinski definition) is 2. The van der Waals surface area contributed by atoms with Crippen molar-refractivity contribution in [2.75, 3.05) is 85.7 Å². The third kappa shape index (κ3) is 15.2. The van der Waals surface area contributed by atoms with Gasteiger partial charge in [-0.2, -0.15) is 47.0 Å². The first-order chi connectivity index (χ1) is 23.7. The molecular formula is C32H62O11S4Si2. The molecule has 4 fully saturated rings. The van der Waals surface area contributed by atoms with E-state index in [1.54, 1.807) is 23.5 Å². The number of rotatable bonds is 30. The summed E-state index contributed by atoms with van der Waals surface area (Å²) in [5, 5.41) is 20.4. The van der Waals surface area contributed by atoms with Crippen LogP contribution in [0.4, 0.5) is 0 Å². The van der Waals surface area contributed by atoms with Crippen LogP contribution in [0.1, 0.15) is 53.4 Å². The zero-order valence-electron chi connectivity index (χ0n) is 30.0. The van der Waals surface area contributed by atoms with E-state index in [4.69, 9.17) is 40.8 Å². The van der Waals surface area contributed by atoms with Crippen LogP contribution < -0.4 is 0 Å². The highest BCUT2D eigenvalue weighted by Crippen LogP contribution is 2.41. The highest BCUT2D eigenvalue weighted by atomic mass is 32.2. The third-order valence-electron chi connectivity index (χ3n) is 8.63. The van der Waals surface area contributed by atoms with Gasteiger partial charge in [0.05, 0.1) is 75.3 Å². The molecule has 4 saturated heterocycles. The second-order valence-electron chi connectivity index (χ2n) is 13.2. The average molecular weight is 807 g/mol. The number of aliphatic hydroxyl groups excluding tert-OH is 2. The summed E-state index contributed by atoms with van der Waals surface area (Å²) in [6.07, 6.45) is 3.71. The summed E-state index contributed by atoms with van der Waals surface area (Å²) in [5.41, 5.74) is 0. The summed E-state index contributed by atoms with van der Waals surface area (Å²) < 4.78 is 53.2. The standard InChI is InChI=1S/C32H62O11S4Si2/c1-25-31-26(2)39-48(38-25,42-31)19-5-9-36-21-29(33)23-46-15-7-13-44-17-11-35-12-18-45-14-8-16-47-24-30(34)22-37-10-6-20-49-40-27(3)32(43-49)28(4)41-49/h25-34H,5-24H2,1-4H3. The number of hydrogen-bond acceptors (Lipinski definition) is 15. The van der Waals surface area contributed by atoms with E-state index in [1.807, 2.05) is 23.5 Å². The summed E-state index contributed by atoms with van der Waals surface area (Å²) in [7, 11) is -4.95. The van der Waals surface area contributed by atoms with E-state index < -0.39 is 29.8 Å². The van der Waals surface area contributed by atoms with Crippen LogP contribution in [0.5, 0.6) is 0 Å². The molecule has 0 spiro atoms. The molecule has 4 aliphatic heterocycles. The molecule has 17 heteroatoms. The Balaban J connectivity index is 0.805. The lowest BCUT2D eigenvalue weighted by atomic mass is 10.1. The van der Waals surface area contributed by atoms with Gasteiger partial charge in [0.1, 0.15) is 0 Å². The maximum atomic E-state index is 10.2. The molecule has 0 aromatic carbocycles. The summed E-state index contributed by atoms with van der Waals surface area (Å²) in [5.74, 6) is 7.80. The normalized spacial score (nSPS) is 33.2. The third-order valence-corrected chi connectivity index (χ3v) is 19.2. The lowest BCUT2D eigenvalue weighted by Crippen LogP contribution is -2.44. The first kappa shape index (κ1) is 43.1. The van der Waals surface area contributed by atoms with E-state index in [1.165, 1.54) is 0 Å². The lowest BCUT2D eigenvalue weighted by Gasteiger charge is -2.26. The molecule has 0 aromatic rings. The highest BCUT2D eigenvalue weighted by Gasteiger charge is 2.61. The second-order valence-corrected chi connectivity index (χ2v) is 23.1. The van der Waals surface area contributed by atoms with Gasteiger partial charge >= 0.3 is 17.6 Å². The van der Waals surface area contributed by atoms with Gasteiger partial charge in [0.15, 0.2) is 0 Å². The Hall–Kier alpha value is 1.39. The van der Waals surface area contributed by atoms with Gasteiger partial charge in [0, 0.05) is 48.3 Å². The fourth-order valence-electron chi connectivity index (χ4n) is 6.31. The molecule has 49 heavy (non-hydrogen) atoms. The summed E-state index contributed by atoms with van der Waals surface area (Å²) >= 11 is 7.45. The van der Waals surface area contributed by atoms with Crippen molar-refractivity contribution in [2.24, 2.45) is 0 Å². The van der Waals surface area contributed by atoms with Crippen molar-refractivity contribution in [2.45, 2.75) is 114 Å². The fraction of sp³-hybridized carbons (Fsp3) is 1.00. The molecule has 6 unspecified atom stereocenters. The Morgan fingerprint density at radius 1 is 0.490 bits per heavy atom. The Bertz CT molecular complexity index is 814. The van der Waals surface area contributed by atoms with Crippen molar-refractivity contribution in [3.05, 3.63) is 0 Å². The largest absolute Gasteiger partial charge is 0.502 e. The van der Waals surface area contributed by atoms with E-state index in [-0.39, 0.29) is 36.6 Å². The van der Waals surface area contributed by atoms with Gasteiger partial charge in [-0.25, -0.2) is 0 Å². The predicted molar refractivity (Wildman–Crippen MR) is 205 cm³/mol. The van der Waals surface area contributed by atoms with Crippen LogP contribution in [0.3, 0.4) is 0 Å². The van der Waals surface area contributed by atoms with Crippen LogP contribution in [0.25, 0.3) is 0 Å². The maximum Gasteiger partial charge on any atom is 0.502 e. The van der Waals surface area contributed by atoms with Crippen molar-refractivity contribution in [3.8, 4) is 0 Å². The van der Waals surface area contributed by atoms with Crippen molar-refractivity contribution >= 4 is 64.7 Å². The first-order valence-electron chi connectivity index (χ1n) is 18.2. The molecule has 11 nitrogen and oxygen atoms in total. The van der Waals surface area contributed by atoms with Gasteiger partial charge in [-0.05, 0) is 76.4 Å². The molecule has 0 aromatic heterocycles. The second kappa shape index (κ2) is 23.3. The van der Waals surface area contributed by atoms with Crippen molar-refractivity contribution in [3.63, 3.8) is 0 Å². The van der Waals surface area contributed by atoms with E-state index in [9.17, 15) is 10.2 Å². The topological polar surface area (TPSA) is 124 Å². The molecular weight excluding hydrogens is 745 g/mol. The van der Waals surface area contributed by atoms with Gasteiger partial charge in [0.25, 0.3) is 0 Å². The van der Waals surface area contributed by atoms with E-state index in [0.717, 1.165) is 85.5 Å². The van der Waals surface area contributed by atoms with Crippen LogP contribution in [0.15, 0.2) is 0 Å². The number of aliphatic hydroxyl groups is 2. The molecule has 0 radical (unpaired) electrons. The van der Waals surface area contributed by atoms with Gasteiger partial charge in [-0.15, -0.1) is 0 Å². The highest BCUT2D eigenvalue weighted by molar-refractivity contribution is 8.00. The van der Waals surface area contributed by atoms with Gasteiger partial charge in [-0.3, -0.25) is 0 Å². The molecule has 0 amide bonds. The van der Waals surface area contributed by atoms with Gasteiger partial charge in [0.2, 0.25) is 0 Å². The monoisotopic (exact) mass is 806 g/mol. The Morgan fingerprint density at radius 3 is 1.27 bits per heavy atom. The average Bonchev–Trinajstić information content (AvgIpc) is 3.77. The zero-order chi connectivity index (χ0) is 35.0. The van der Waals surface area contributed by atoms with E-state index in [2.05, 4.69) is 27.7 Å². The lowest BCUT2D eigenvalue weighted by molar-refractivity contribution is 0.0352. The SMILES string of the molecule is CC1O[Si]2(CCCOCC(O)CSCCCSCCOCCSCCCSCC(O)COCCC[Si]34OC(C)C(O3)C(C)O4)OC(C)C1O2. The molecule has 4 heterocycles. The minimum Gasteiger partial charge on any atom is -0.390 e. The van der Waals surface area contributed by atoms with E-state index >= 15 is 0 Å². The Kier molecular flexibility index (Phi) is 20.5. The first-order valence-corrected chi connectivity index (χ1v) is 26.7. The number of fused-ring (bicyclic) bond motifs is 4. The minimum absolute atomic E-state index is 0.0796. The van der Waals surface area contributed by atoms with Crippen LogP contribution in [0.2, 0.25) is 12.1 Å². The van der Waals surface area contributed by atoms with Crippen LogP contribution >= 0.6 is 47.0 Å². The summed E-state index contributed by atoms with van der Waals surface area (Å²) in [6.45, 7) is 11.8. The molecule has 0 saturated carbocycles. The van der Waals surface area contributed by atoms with E-state index in [0.29, 0.717) is 37.9 Å². The van der Waals surface area contributed by atoms with Crippen LogP contribution in [0, 0.1) is 0 Å². The van der Waals surface area contributed by atoms with Crippen molar-refractivity contribution < 1.29 is 51.0 Å². The molecule has 288 valence electrons. The smallest absolute Gasteiger partial charge is 0.390 e. The number of thioether (sulfide) groups is 4. The zero-order valence-corrected chi connectivity index (χ0v) is 35.2. The Labute approximate surface area is 314 Å². The number of ether oxygens (including phenoxy) is 3. The molecule has 6 atom stereocenters. The van der Waals surface area contributed by atoms with Crippen LogP contribution in [-0.4, -0.2) is 162 Å². The molecule has 2 N–H and O–H groups in total. The minimum atomic E-state index is -2.48. The van der Waals surface area contributed by atoms with Crippen molar-refractivity contribution in [1.82, 2.24) is 0 Å². The van der Waals surface area contributed by atoms with Gasteiger partial charge in [-0.1, -0.05) is 0 Å². The summed E-state index contributed by atoms with van der Waals surface area (Å²) in [4.78, 5) is 0. The van der Waals surface area contributed by atoms with Gasteiger partial charge < -0.3 is 51.0 Å². The fourth-order valence-corrected chi connectivity index (χ4v) is 16.6. The molecule has 0 aliphatic carbocycles. The van der Waals surface area contributed by atoms with Crippen molar-refractivity contribution in [1.29, 1.82) is 0 Å². The Morgan fingerprint density at radius 2 is 0.878 bits per heavy atom.